The fourth-order valence-electron chi connectivity index (χ4n) is 2.75. The van der Waals surface area contributed by atoms with Gasteiger partial charge in [0.05, 0.1) is 0 Å². The normalized spacial score (nSPS) is 19.6. The number of benzene rings is 1. The number of halogens is 1. The first-order chi connectivity index (χ1) is 7.76. The summed E-state index contributed by atoms with van der Waals surface area (Å²) in [7, 11) is 2.09. The zero-order valence-corrected chi connectivity index (χ0v) is 10.7. The SMILES string of the molecule is CNC1(Cc2ccccc2Cl)CCCCC1. The zero-order valence-electron chi connectivity index (χ0n) is 9.93. The first-order valence-corrected chi connectivity index (χ1v) is 6.56. The van der Waals surface area contributed by atoms with Crippen LogP contribution in [0.2, 0.25) is 5.02 Å². The number of rotatable bonds is 3. The fraction of sp³-hybridized carbons (Fsp3) is 0.571. The van der Waals surface area contributed by atoms with Gasteiger partial charge < -0.3 is 5.32 Å². The van der Waals surface area contributed by atoms with Crippen molar-refractivity contribution in [2.75, 3.05) is 7.05 Å². The molecule has 1 saturated carbocycles. The topological polar surface area (TPSA) is 12.0 Å². The third-order valence-electron chi connectivity index (χ3n) is 3.83. The van der Waals surface area contributed by atoms with Crippen LogP contribution in [0.15, 0.2) is 24.3 Å². The fourth-order valence-corrected chi connectivity index (χ4v) is 2.95. The van der Waals surface area contributed by atoms with Gasteiger partial charge in [-0.3, -0.25) is 0 Å². The highest BCUT2D eigenvalue weighted by atomic mass is 35.5. The van der Waals surface area contributed by atoms with Gasteiger partial charge in [0.15, 0.2) is 0 Å². The Balaban J connectivity index is 2.15. The molecule has 0 amide bonds. The molecule has 2 heteroatoms. The molecule has 1 fully saturated rings. The summed E-state index contributed by atoms with van der Waals surface area (Å²) in [5, 5.41) is 4.44. The molecule has 0 aliphatic heterocycles. The van der Waals surface area contributed by atoms with E-state index in [0.717, 1.165) is 11.4 Å². The first-order valence-electron chi connectivity index (χ1n) is 6.18. The lowest BCUT2D eigenvalue weighted by atomic mass is 9.77. The Morgan fingerprint density at radius 2 is 1.88 bits per heavy atom. The van der Waals surface area contributed by atoms with Gasteiger partial charge in [-0.15, -0.1) is 0 Å². The van der Waals surface area contributed by atoms with E-state index in [2.05, 4.69) is 24.5 Å². The summed E-state index contributed by atoms with van der Waals surface area (Å²) in [6.45, 7) is 0. The van der Waals surface area contributed by atoms with E-state index in [1.165, 1.54) is 37.7 Å². The third kappa shape index (κ3) is 2.58. The molecule has 0 spiro atoms. The molecule has 0 bridgehead atoms. The molecule has 1 aromatic carbocycles. The molecule has 0 heterocycles. The molecule has 1 N–H and O–H groups in total. The third-order valence-corrected chi connectivity index (χ3v) is 4.20. The van der Waals surface area contributed by atoms with E-state index in [4.69, 9.17) is 11.6 Å². The van der Waals surface area contributed by atoms with E-state index in [-0.39, 0.29) is 5.54 Å². The number of hydrogen-bond donors (Lipinski definition) is 1. The van der Waals surface area contributed by atoms with Gasteiger partial charge in [-0.2, -0.15) is 0 Å². The standard InChI is InChI=1S/C14H20ClN/c1-16-14(9-5-2-6-10-14)11-12-7-3-4-8-13(12)15/h3-4,7-8,16H,2,5-6,9-11H2,1H3. The molecule has 1 aliphatic carbocycles. The van der Waals surface area contributed by atoms with E-state index in [9.17, 15) is 0 Å². The molecule has 1 nitrogen and oxygen atoms in total. The van der Waals surface area contributed by atoms with Crippen LogP contribution < -0.4 is 5.32 Å². The lowest BCUT2D eigenvalue weighted by Crippen LogP contribution is -2.46. The summed E-state index contributed by atoms with van der Waals surface area (Å²) < 4.78 is 0. The Morgan fingerprint density at radius 3 is 2.50 bits per heavy atom. The molecule has 0 radical (unpaired) electrons. The lowest BCUT2D eigenvalue weighted by molar-refractivity contribution is 0.245. The van der Waals surface area contributed by atoms with Crippen molar-refractivity contribution in [1.29, 1.82) is 0 Å². The van der Waals surface area contributed by atoms with E-state index in [0.29, 0.717) is 0 Å². The minimum absolute atomic E-state index is 0.281. The Kier molecular flexibility index (Phi) is 3.88. The largest absolute Gasteiger partial charge is 0.314 e. The minimum atomic E-state index is 0.281. The van der Waals surface area contributed by atoms with Crippen LogP contribution in [0.5, 0.6) is 0 Å². The summed E-state index contributed by atoms with van der Waals surface area (Å²) in [4.78, 5) is 0. The van der Waals surface area contributed by atoms with Gasteiger partial charge in [-0.1, -0.05) is 49.1 Å². The van der Waals surface area contributed by atoms with Crippen molar-refractivity contribution >= 4 is 11.6 Å². The van der Waals surface area contributed by atoms with E-state index >= 15 is 0 Å². The molecule has 1 aromatic rings. The van der Waals surface area contributed by atoms with Crippen molar-refractivity contribution < 1.29 is 0 Å². The molecule has 0 unspecified atom stereocenters. The van der Waals surface area contributed by atoms with Crippen molar-refractivity contribution in [3.8, 4) is 0 Å². The monoisotopic (exact) mass is 237 g/mol. The van der Waals surface area contributed by atoms with Gasteiger partial charge in [0.1, 0.15) is 0 Å². The molecule has 0 atom stereocenters. The Bertz CT molecular complexity index is 342. The van der Waals surface area contributed by atoms with Crippen molar-refractivity contribution in [1.82, 2.24) is 5.32 Å². The molecule has 1 aliphatic rings. The van der Waals surface area contributed by atoms with Crippen LogP contribution in [0.4, 0.5) is 0 Å². The summed E-state index contributed by atoms with van der Waals surface area (Å²) in [6.07, 6.45) is 7.66. The van der Waals surface area contributed by atoms with Crippen molar-refractivity contribution in [2.45, 2.75) is 44.1 Å². The second-order valence-corrected chi connectivity index (χ2v) is 5.27. The average molecular weight is 238 g/mol. The smallest absolute Gasteiger partial charge is 0.0438 e. The Morgan fingerprint density at radius 1 is 1.19 bits per heavy atom. The van der Waals surface area contributed by atoms with E-state index < -0.39 is 0 Å². The maximum Gasteiger partial charge on any atom is 0.0438 e. The van der Waals surface area contributed by atoms with E-state index in [1.54, 1.807) is 0 Å². The molecule has 0 saturated heterocycles. The molecular weight excluding hydrogens is 218 g/mol. The van der Waals surface area contributed by atoms with Crippen LogP contribution in [0.25, 0.3) is 0 Å². The van der Waals surface area contributed by atoms with Crippen LogP contribution in [0.3, 0.4) is 0 Å². The lowest BCUT2D eigenvalue weighted by Gasteiger charge is -2.37. The van der Waals surface area contributed by atoms with Gasteiger partial charge in [0.2, 0.25) is 0 Å². The van der Waals surface area contributed by atoms with Gasteiger partial charge in [0, 0.05) is 10.6 Å². The van der Waals surface area contributed by atoms with Crippen LogP contribution in [0.1, 0.15) is 37.7 Å². The van der Waals surface area contributed by atoms with Gasteiger partial charge in [-0.25, -0.2) is 0 Å². The van der Waals surface area contributed by atoms with Crippen LogP contribution in [-0.2, 0) is 6.42 Å². The summed E-state index contributed by atoms with van der Waals surface area (Å²) in [5.74, 6) is 0. The van der Waals surface area contributed by atoms with E-state index in [1.807, 2.05) is 12.1 Å². The number of hydrogen-bond acceptors (Lipinski definition) is 1. The predicted molar refractivity (Wildman–Crippen MR) is 70.0 cm³/mol. The summed E-state index contributed by atoms with van der Waals surface area (Å²) >= 11 is 6.23. The van der Waals surface area contributed by atoms with Gasteiger partial charge in [-0.05, 0) is 37.9 Å². The predicted octanol–water partition coefficient (Wildman–Crippen LogP) is 3.80. The number of nitrogens with one attached hydrogen (secondary N) is 1. The molecule has 2 rings (SSSR count). The second-order valence-electron chi connectivity index (χ2n) is 4.86. The minimum Gasteiger partial charge on any atom is -0.314 e. The summed E-state index contributed by atoms with van der Waals surface area (Å²) in [5.41, 5.74) is 1.56. The van der Waals surface area contributed by atoms with Crippen LogP contribution >= 0.6 is 11.6 Å². The number of likely N-dealkylation sites (N-methyl/N-ethyl adjacent to an activating group) is 1. The quantitative estimate of drug-likeness (QED) is 0.843. The zero-order chi connectivity index (χ0) is 11.4. The first kappa shape index (κ1) is 11.9. The van der Waals surface area contributed by atoms with Crippen molar-refractivity contribution in [2.24, 2.45) is 0 Å². The van der Waals surface area contributed by atoms with Gasteiger partial charge in [0.25, 0.3) is 0 Å². The Labute approximate surface area is 103 Å². The highest BCUT2D eigenvalue weighted by molar-refractivity contribution is 6.31. The highest BCUT2D eigenvalue weighted by Crippen LogP contribution is 2.32. The maximum atomic E-state index is 6.23. The molecule has 0 aromatic heterocycles. The Hall–Kier alpha value is -0.530. The average Bonchev–Trinajstić information content (AvgIpc) is 2.33. The van der Waals surface area contributed by atoms with Crippen molar-refractivity contribution in [3.63, 3.8) is 0 Å². The maximum absolute atomic E-state index is 6.23. The highest BCUT2D eigenvalue weighted by Gasteiger charge is 2.30. The van der Waals surface area contributed by atoms with Crippen LogP contribution in [0, 0.1) is 0 Å². The van der Waals surface area contributed by atoms with Crippen LogP contribution in [-0.4, -0.2) is 12.6 Å². The molecule has 88 valence electrons. The van der Waals surface area contributed by atoms with Gasteiger partial charge >= 0.3 is 0 Å². The second kappa shape index (κ2) is 5.20. The summed E-state index contributed by atoms with van der Waals surface area (Å²) in [6, 6.07) is 8.21. The molecule has 16 heavy (non-hydrogen) atoms. The van der Waals surface area contributed by atoms with Crippen molar-refractivity contribution in [3.05, 3.63) is 34.9 Å². The molecular formula is C14H20ClN.